The van der Waals surface area contributed by atoms with Crippen LogP contribution in [0.4, 0.5) is 0 Å². The molecule has 1 aromatic heterocycles. The standard InChI is InChI=1S/C14H13ClN2O3/c1-2-11-7-8-12(20-11)14(19)17-16-13(18)9-3-5-10(15)6-4-9/h3-8H,2H2,1H3,(H,16,18)(H,17,19). The van der Waals surface area contributed by atoms with Crippen LogP contribution in [0.3, 0.4) is 0 Å². The lowest BCUT2D eigenvalue weighted by molar-refractivity contribution is 0.0830. The van der Waals surface area contributed by atoms with E-state index in [9.17, 15) is 9.59 Å². The topological polar surface area (TPSA) is 71.3 Å². The number of hydrogen-bond acceptors (Lipinski definition) is 3. The first-order chi connectivity index (χ1) is 9.60. The van der Waals surface area contributed by atoms with Gasteiger partial charge in [-0.05, 0) is 36.4 Å². The minimum atomic E-state index is -0.507. The number of carbonyl (C=O) groups excluding carboxylic acids is 2. The predicted molar refractivity (Wildman–Crippen MR) is 74.5 cm³/mol. The van der Waals surface area contributed by atoms with Crippen molar-refractivity contribution in [2.24, 2.45) is 0 Å². The van der Waals surface area contributed by atoms with Crippen LogP contribution in [-0.4, -0.2) is 11.8 Å². The average Bonchev–Trinajstić information content (AvgIpc) is 2.94. The van der Waals surface area contributed by atoms with Crippen molar-refractivity contribution in [1.82, 2.24) is 10.9 Å². The fraction of sp³-hybridized carbons (Fsp3) is 0.143. The third-order valence-corrected chi connectivity index (χ3v) is 2.88. The van der Waals surface area contributed by atoms with E-state index < -0.39 is 11.8 Å². The molecule has 0 unspecified atom stereocenters. The SMILES string of the molecule is CCc1ccc(C(=O)NNC(=O)c2ccc(Cl)cc2)o1. The second-order valence-electron chi connectivity index (χ2n) is 4.03. The molecule has 0 fully saturated rings. The van der Waals surface area contributed by atoms with Gasteiger partial charge in [-0.15, -0.1) is 0 Å². The molecule has 0 bridgehead atoms. The maximum atomic E-state index is 11.8. The second-order valence-corrected chi connectivity index (χ2v) is 4.47. The largest absolute Gasteiger partial charge is 0.456 e. The molecule has 0 radical (unpaired) electrons. The van der Waals surface area contributed by atoms with Crippen molar-refractivity contribution in [2.75, 3.05) is 0 Å². The van der Waals surface area contributed by atoms with Crippen molar-refractivity contribution in [3.63, 3.8) is 0 Å². The number of hydrogen-bond donors (Lipinski definition) is 2. The van der Waals surface area contributed by atoms with Gasteiger partial charge in [0.1, 0.15) is 5.76 Å². The van der Waals surface area contributed by atoms with Gasteiger partial charge in [0.2, 0.25) is 0 Å². The Morgan fingerprint density at radius 1 is 1.05 bits per heavy atom. The van der Waals surface area contributed by atoms with Crippen molar-refractivity contribution in [3.8, 4) is 0 Å². The molecule has 0 saturated carbocycles. The zero-order valence-corrected chi connectivity index (χ0v) is 11.5. The Balaban J connectivity index is 1.93. The molecule has 0 atom stereocenters. The zero-order valence-electron chi connectivity index (χ0n) is 10.8. The summed E-state index contributed by atoms with van der Waals surface area (Å²) >= 11 is 5.73. The van der Waals surface area contributed by atoms with Gasteiger partial charge in [-0.1, -0.05) is 18.5 Å². The van der Waals surface area contributed by atoms with Gasteiger partial charge in [0.25, 0.3) is 5.91 Å². The van der Waals surface area contributed by atoms with Crippen LogP contribution in [0.25, 0.3) is 0 Å². The van der Waals surface area contributed by atoms with Gasteiger partial charge >= 0.3 is 5.91 Å². The van der Waals surface area contributed by atoms with E-state index >= 15 is 0 Å². The van der Waals surface area contributed by atoms with Crippen LogP contribution in [0.15, 0.2) is 40.8 Å². The number of amides is 2. The van der Waals surface area contributed by atoms with Gasteiger partial charge in [0, 0.05) is 17.0 Å². The summed E-state index contributed by atoms with van der Waals surface area (Å²) in [5.41, 5.74) is 4.98. The summed E-state index contributed by atoms with van der Waals surface area (Å²) < 4.78 is 5.27. The third kappa shape index (κ3) is 3.39. The highest BCUT2D eigenvalue weighted by Crippen LogP contribution is 2.09. The van der Waals surface area contributed by atoms with E-state index in [-0.39, 0.29) is 5.76 Å². The summed E-state index contributed by atoms with van der Waals surface area (Å²) in [6.07, 6.45) is 0.699. The summed E-state index contributed by atoms with van der Waals surface area (Å²) in [5, 5.41) is 0.535. The molecule has 0 saturated heterocycles. The van der Waals surface area contributed by atoms with Gasteiger partial charge in [0.15, 0.2) is 5.76 Å². The quantitative estimate of drug-likeness (QED) is 0.854. The van der Waals surface area contributed by atoms with E-state index in [4.69, 9.17) is 16.0 Å². The molecule has 6 heteroatoms. The minimum Gasteiger partial charge on any atom is -0.456 e. The molecule has 0 aliphatic heterocycles. The molecule has 104 valence electrons. The Morgan fingerprint density at radius 3 is 2.30 bits per heavy atom. The highest BCUT2D eigenvalue weighted by molar-refractivity contribution is 6.30. The number of furan rings is 1. The molecule has 20 heavy (non-hydrogen) atoms. The molecule has 0 spiro atoms. The maximum Gasteiger partial charge on any atom is 0.305 e. The number of benzene rings is 1. The van der Waals surface area contributed by atoms with Crippen molar-refractivity contribution < 1.29 is 14.0 Å². The summed E-state index contributed by atoms with van der Waals surface area (Å²) in [5.74, 6) is -0.0817. The monoisotopic (exact) mass is 292 g/mol. The van der Waals surface area contributed by atoms with Crippen LogP contribution in [0.1, 0.15) is 33.6 Å². The number of halogens is 1. The van der Waals surface area contributed by atoms with E-state index in [1.165, 1.54) is 0 Å². The van der Waals surface area contributed by atoms with Crippen LogP contribution in [0.2, 0.25) is 5.02 Å². The average molecular weight is 293 g/mol. The first kappa shape index (κ1) is 14.1. The van der Waals surface area contributed by atoms with Crippen LogP contribution < -0.4 is 10.9 Å². The molecule has 2 aromatic rings. The molecule has 2 rings (SSSR count). The Morgan fingerprint density at radius 2 is 1.70 bits per heavy atom. The summed E-state index contributed by atoms with van der Waals surface area (Å²) in [6, 6.07) is 9.59. The number of nitrogens with one attached hydrogen (secondary N) is 2. The maximum absolute atomic E-state index is 11.8. The van der Waals surface area contributed by atoms with Gasteiger partial charge in [-0.3, -0.25) is 20.4 Å². The zero-order chi connectivity index (χ0) is 14.5. The van der Waals surface area contributed by atoms with E-state index in [1.807, 2.05) is 6.92 Å². The normalized spacial score (nSPS) is 10.1. The molecular weight excluding hydrogens is 280 g/mol. The van der Waals surface area contributed by atoms with Crippen LogP contribution in [0.5, 0.6) is 0 Å². The Labute approximate surface area is 120 Å². The molecule has 5 nitrogen and oxygen atoms in total. The highest BCUT2D eigenvalue weighted by Gasteiger charge is 2.12. The second kappa shape index (κ2) is 6.25. The Bertz CT molecular complexity index is 620. The van der Waals surface area contributed by atoms with E-state index in [2.05, 4.69) is 10.9 Å². The molecule has 0 aliphatic carbocycles. The fourth-order valence-electron chi connectivity index (χ4n) is 1.54. The Kier molecular flexibility index (Phi) is 4.42. The minimum absolute atomic E-state index is 0.151. The van der Waals surface area contributed by atoms with E-state index in [0.717, 1.165) is 0 Å². The van der Waals surface area contributed by atoms with Crippen LogP contribution in [0, 0.1) is 0 Å². The summed E-state index contributed by atoms with van der Waals surface area (Å²) in [6.45, 7) is 1.92. The van der Waals surface area contributed by atoms with Crippen LogP contribution in [-0.2, 0) is 6.42 Å². The molecular formula is C14H13ClN2O3. The van der Waals surface area contributed by atoms with E-state index in [0.29, 0.717) is 22.8 Å². The highest BCUT2D eigenvalue weighted by atomic mass is 35.5. The summed E-state index contributed by atoms with van der Waals surface area (Å²) in [7, 11) is 0. The number of rotatable bonds is 3. The Hall–Kier alpha value is -2.27. The lowest BCUT2D eigenvalue weighted by Crippen LogP contribution is -2.41. The number of hydrazine groups is 1. The summed E-state index contributed by atoms with van der Waals surface area (Å²) in [4.78, 5) is 23.5. The fourth-order valence-corrected chi connectivity index (χ4v) is 1.66. The van der Waals surface area contributed by atoms with Gasteiger partial charge in [-0.2, -0.15) is 0 Å². The van der Waals surface area contributed by atoms with E-state index in [1.54, 1.807) is 36.4 Å². The number of carbonyl (C=O) groups is 2. The van der Waals surface area contributed by atoms with Gasteiger partial charge in [-0.25, -0.2) is 0 Å². The molecule has 0 aliphatic rings. The number of aryl methyl sites for hydroxylation is 1. The molecule has 1 aromatic carbocycles. The first-order valence-corrected chi connectivity index (χ1v) is 6.43. The van der Waals surface area contributed by atoms with Crippen molar-refractivity contribution in [1.29, 1.82) is 0 Å². The van der Waals surface area contributed by atoms with Crippen molar-refractivity contribution >= 4 is 23.4 Å². The van der Waals surface area contributed by atoms with Crippen molar-refractivity contribution in [3.05, 3.63) is 58.5 Å². The molecule has 1 heterocycles. The third-order valence-electron chi connectivity index (χ3n) is 2.63. The lowest BCUT2D eigenvalue weighted by atomic mass is 10.2. The molecule has 2 amide bonds. The van der Waals surface area contributed by atoms with Gasteiger partial charge in [0.05, 0.1) is 0 Å². The molecule has 2 N–H and O–H groups in total. The van der Waals surface area contributed by atoms with Crippen LogP contribution >= 0.6 is 11.6 Å². The predicted octanol–water partition coefficient (Wildman–Crippen LogP) is 2.57. The van der Waals surface area contributed by atoms with Crippen molar-refractivity contribution in [2.45, 2.75) is 13.3 Å². The van der Waals surface area contributed by atoms with Gasteiger partial charge < -0.3 is 4.42 Å². The smallest absolute Gasteiger partial charge is 0.305 e. The lowest BCUT2D eigenvalue weighted by Gasteiger charge is -2.05. The first-order valence-electron chi connectivity index (χ1n) is 6.05.